The minimum atomic E-state index is -0.905. The van der Waals surface area contributed by atoms with E-state index in [1.54, 1.807) is 25.9 Å². The number of ether oxygens (including phenoxy) is 1. The van der Waals surface area contributed by atoms with Gasteiger partial charge in [0.1, 0.15) is 0 Å². The van der Waals surface area contributed by atoms with Crippen molar-refractivity contribution < 1.29 is 19.4 Å². The number of rotatable bonds is 7. The Morgan fingerprint density at radius 3 is 2.50 bits per heavy atom. The molecule has 1 aliphatic carbocycles. The fourth-order valence-electron chi connectivity index (χ4n) is 1.64. The monoisotopic (exact) mass is 258 g/mol. The first kappa shape index (κ1) is 14.8. The third kappa shape index (κ3) is 4.18. The van der Waals surface area contributed by atoms with Crippen molar-refractivity contribution in [3.05, 3.63) is 0 Å². The van der Waals surface area contributed by atoms with Crippen molar-refractivity contribution in [1.29, 1.82) is 0 Å². The minimum Gasteiger partial charge on any atom is -0.481 e. The average Bonchev–Trinajstić information content (AvgIpc) is 3.12. The fourth-order valence-corrected chi connectivity index (χ4v) is 1.64. The second-order valence-electron chi connectivity index (χ2n) is 4.78. The minimum absolute atomic E-state index is 0.199. The van der Waals surface area contributed by atoms with Crippen LogP contribution in [0.3, 0.4) is 0 Å². The van der Waals surface area contributed by atoms with Crippen molar-refractivity contribution in [2.45, 2.75) is 38.8 Å². The summed E-state index contributed by atoms with van der Waals surface area (Å²) >= 11 is 0. The molecule has 0 bridgehead atoms. The Morgan fingerprint density at radius 1 is 1.44 bits per heavy atom. The number of hydrogen-bond donors (Lipinski definition) is 2. The first-order chi connectivity index (χ1) is 8.47. The number of methoxy groups -OCH3 is 1. The lowest BCUT2D eigenvalue weighted by molar-refractivity contribution is -0.141. The number of nitrogens with zero attached hydrogens (tertiary/aromatic N) is 1. The largest absolute Gasteiger partial charge is 0.481 e. The molecule has 6 heteroatoms. The highest BCUT2D eigenvalue weighted by molar-refractivity contribution is 5.77. The summed E-state index contributed by atoms with van der Waals surface area (Å²) in [6, 6.07) is -0.304. The lowest BCUT2D eigenvalue weighted by Crippen LogP contribution is -2.49. The van der Waals surface area contributed by atoms with Crippen LogP contribution in [-0.2, 0) is 9.53 Å². The van der Waals surface area contributed by atoms with Gasteiger partial charge >= 0.3 is 12.0 Å². The molecule has 2 atom stereocenters. The molecule has 0 spiro atoms. The van der Waals surface area contributed by atoms with E-state index in [-0.39, 0.29) is 12.1 Å². The average molecular weight is 258 g/mol. The van der Waals surface area contributed by atoms with Crippen LogP contribution in [0.15, 0.2) is 0 Å². The standard InChI is InChI=1S/C12H22N2O4/c1-8(11(15)16)9(2)13-12(17)14(6-7-18-3)10-4-5-10/h8-10H,4-7H2,1-3H3,(H,13,17)(H,15,16). The second kappa shape index (κ2) is 6.58. The van der Waals surface area contributed by atoms with E-state index in [4.69, 9.17) is 9.84 Å². The van der Waals surface area contributed by atoms with E-state index < -0.39 is 17.9 Å². The van der Waals surface area contributed by atoms with Gasteiger partial charge in [-0.15, -0.1) is 0 Å². The fraction of sp³-hybridized carbons (Fsp3) is 0.833. The second-order valence-corrected chi connectivity index (χ2v) is 4.78. The molecular weight excluding hydrogens is 236 g/mol. The number of nitrogens with one attached hydrogen (secondary N) is 1. The summed E-state index contributed by atoms with van der Waals surface area (Å²) in [6.45, 7) is 4.33. The molecule has 18 heavy (non-hydrogen) atoms. The lowest BCUT2D eigenvalue weighted by Gasteiger charge is -2.26. The number of aliphatic carboxylic acids is 1. The molecule has 2 amide bonds. The highest BCUT2D eigenvalue weighted by atomic mass is 16.5. The maximum Gasteiger partial charge on any atom is 0.317 e. The molecule has 1 aliphatic rings. The molecule has 104 valence electrons. The van der Waals surface area contributed by atoms with Gasteiger partial charge in [0.15, 0.2) is 0 Å². The van der Waals surface area contributed by atoms with Gasteiger partial charge in [0, 0.05) is 25.7 Å². The SMILES string of the molecule is COCCN(C(=O)NC(C)C(C)C(=O)O)C1CC1. The van der Waals surface area contributed by atoms with Gasteiger partial charge < -0.3 is 20.1 Å². The number of urea groups is 1. The molecule has 0 heterocycles. The van der Waals surface area contributed by atoms with Crippen LogP contribution < -0.4 is 5.32 Å². The van der Waals surface area contributed by atoms with Crippen molar-refractivity contribution >= 4 is 12.0 Å². The van der Waals surface area contributed by atoms with Crippen LogP contribution in [0.4, 0.5) is 4.79 Å². The van der Waals surface area contributed by atoms with Gasteiger partial charge in [-0.3, -0.25) is 4.79 Å². The van der Waals surface area contributed by atoms with E-state index in [2.05, 4.69) is 5.32 Å². The van der Waals surface area contributed by atoms with Gasteiger partial charge in [0.2, 0.25) is 0 Å². The van der Waals surface area contributed by atoms with Crippen molar-refractivity contribution in [2.24, 2.45) is 5.92 Å². The molecule has 0 aromatic carbocycles. The summed E-state index contributed by atoms with van der Waals surface area (Å²) < 4.78 is 4.98. The molecule has 6 nitrogen and oxygen atoms in total. The van der Waals surface area contributed by atoms with Crippen molar-refractivity contribution in [2.75, 3.05) is 20.3 Å². The molecule has 1 saturated carbocycles. The molecule has 2 N–H and O–H groups in total. The van der Waals surface area contributed by atoms with Crippen LogP contribution in [0.1, 0.15) is 26.7 Å². The molecule has 0 radical (unpaired) electrons. The van der Waals surface area contributed by atoms with E-state index in [1.165, 1.54) is 0 Å². The first-order valence-electron chi connectivity index (χ1n) is 6.26. The smallest absolute Gasteiger partial charge is 0.317 e. The summed E-state index contributed by atoms with van der Waals surface area (Å²) in [5.74, 6) is -1.50. The van der Waals surface area contributed by atoms with Gasteiger partial charge in [-0.05, 0) is 26.7 Å². The maximum absolute atomic E-state index is 12.0. The van der Waals surface area contributed by atoms with E-state index in [0.717, 1.165) is 12.8 Å². The summed E-state index contributed by atoms with van der Waals surface area (Å²) in [7, 11) is 1.60. The van der Waals surface area contributed by atoms with E-state index >= 15 is 0 Å². The van der Waals surface area contributed by atoms with Crippen LogP contribution in [0.2, 0.25) is 0 Å². The van der Waals surface area contributed by atoms with Gasteiger partial charge in [0.25, 0.3) is 0 Å². The van der Waals surface area contributed by atoms with Gasteiger partial charge in [0.05, 0.1) is 12.5 Å². The molecule has 1 fully saturated rings. The van der Waals surface area contributed by atoms with E-state index in [1.807, 2.05) is 0 Å². The Labute approximate surface area is 107 Å². The topological polar surface area (TPSA) is 78.9 Å². The highest BCUT2D eigenvalue weighted by Crippen LogP contribution is 2.26. The molecule has 0 aliphatic heterocycles. The zero-order valence-electron chi connectivity index (χ0n) is 11.2. The van der Waals surface area contributed by atoms with Gasteiger partial charge in [-0.2, -0.15) is 0 Å². The number of hydrogen-bond acceptors (Lipinski definition) is 3. The zero-order chi connectivity index (χ0) is 13.7. The van der Waals surface area contributed by atoms with Gasteiger partial charge in [-0.1, -0.05) is 0 Å². The molecule has 0 aromatic heterocycles. The van der Waals surface area contributed by atoms with Crippen LogP contribution in [-0.4, -0.2) is 54.4 Å². The quantitative estimate of drug-likeness (QED) is 0.711. The van der Waals surface area contributed by atoms with Crippen LogP contribution in [0, 0.1) is 5.92 Å². The molecule has 0 saturated heterocycles. The number of carboxylic acid groups (broad SMARTS) is 1. The number of amides is 2. The Hall–Kier alpha value is -1.30. The summed E-state index contributed by atoms with van der Waals surface area (Å²) in [4.78, 5) is 24.6. The number of carboxylic acids is 1. The molecular formula is C12H22N2O4. The maximum atomic E-state index is 12.0. The Kier molecular flexibility index (Phi) is 5.40. The predicted molar refractivity (Wildman–Crippen MR) is 66.4 cm³/mol. The predicted octanol–water partition coefficient (Wildman–Crippen LogP) is 0.916. The molecule has 2 unspecified atom stereocenters. The Bertz CT molecular complexity index is 304. The van der Waals surface area contributed by atoms with Crippen molar-refractivity contribution in [3.63, 3.8) is 0 Å². The van der Waals surface area contributed by atoms with Crippen LogP contribution in [0.5, 0.6) is 0 Å². The van der Waals surface area contributed by atoms with Crippen molar-refractivity contribution in [1.82, 2.24) is 10.2 Å². The normalized spacial score (nSPS) is 17.9. The third-order valence-corrected chi connectivity index (χ3v) is 3.28. The number of carbonyl (C=O) groups excluding carboxylic acids is 1. The van der Waals surface area contributed by atoms with E-state index in [0.29, 0.717) is 13.2 Å². The summed E-state index contributed by atoms with van der Waals surface area (Å²) in [5, 5.41) is 11.6. The highest BCUT2D eigenvalue weighted by Gasteiger charge is 2.33. The first-order valence-corrected chi connectivity index (χ1v) is 6.26. The number of carbonyl (C=O) groups is 2. The summed E-state index contributed by atoms with van der Waals surface area (Å²) in [5.41, 5.74) is 0. The van der Waals surface area contributed by atoms with Crippen LogP contribution >= 0.6 is 0 Å². The third-order valence-electron chi connectivity index (χ3n) is 3.28. The lowest BCUT2D eigenvalue weighted by atomic mass is 10.0. The Morgan fingerprint density at radius 2 is 2.06 bits per heavy atom. The molecule has 0 aromatic rings. The molecule has 1 rings (SSSR count). The van der Waals surface area contributed by atoms with E-state index in [9.17, 15) is 9.59 Å². The summed E-state index contributed by atoms with van der Waals surface area (Å²) in [6.07, 6.45) is 2.03. The van der Waals surface area contributed by atoms with Gasteiger partial charge in [-0.25, -0.2) is 4.79 Å². The van der Waals surface area contributed by atoms with Crippen molar-refractivity contribution in [3.8, 4) is 0 Å². The van der Waals surface area contributed by atoms with Crippen LogP contribution in [0.25, 0.3) is 0 Å². The Balaban J connectivity index is 2.47. The zero-order valence-corrected chi connectivity index (χ0v) is 11.2.